The Kier molecular flexibility index (Phi) is 5.11. The first-order valence-corrected chi connectivity index (χ1v) is 4.82. The molecule has 0 saturated heterocycles. The summed E-state index contributed by atoms with van der Waals surface area (Å²) >= 11 is 0. The van der Waals surface area contributed by atoms with Gasteiger partial charge in [-0.2, -0.15) is 0 Å². The van der Waals surface area contributed by atoms with E-state index in [2.05, 4.69) is 0 Å². The van der Waals surface area contributed by atoms with Gasteiger partial charge in [0.2, 0.25) is 0 Å². The highest BCUT2D eigenvalue weighted by Gasteiger charge is 2.41. The van der Waals surface area contributed by atoms with E-state index in [1.165, 1.54) is 0 Å². The summed E-state index contributed by atoms with van der Waals surface area (Å²) in [6.45, 7) is 1.49. The summed E-state index contributed by atoms with van der Waals surface area (Å²) in [6, 6.07) is 0. The Balaban J connectivity index is 2.03. The van der Waals surface area contributed by atoms with Gasteiger partial charge in [-0.25, -0.2) is 0 Å². The zero-order valence-corrected chi connectivity index (χ0v) is 8.57. The summed E-state index contributed by atoms with van der Waals surface area (Å²) in [6.07, 6.45) is 5.64. The van der Waals surface area contributed by atoms with Crippen LogP contribution in [-0.2, 0) is 14.2 Å². The first-order valence-electron chi connectivity index (χ1n) is 4.82. The van der Waals surface area contributed by atoms with Crippen molar-refractivity contribution in [2.45, 2.75) is 18.4 Å². The molecule has 0 aliphatic heterocycles. The minimum Gasteiger partial charge on any atom is -0.392 e. The smallest absolute Gasteiger partial charge is 0.148 e. The Bertz CT molecular complexity index is 175. The molecule has 0 aromatic rings. The first-order chi connectivity index (χ1) is 6.83. The van der Waals surface area contributed by atoms with Crippen molar-refractivity contribution in [2.75, 3.05) is 33.7 Å². The van der Waals surface area contributed by atoms with Crippen molar-refractivity contribution in [3.05, 3.63) is 12.2 Å². The van der Waals surface area contributed by atoms with Gasteiger partial charge in [0.05, 0.1) is 25.4 Å². The number of hydrogen-bond acceptors (Lipinski definition) is 4. The van der Waals surface area contributed by atoms with Gasteiger partial charge in [0.25, 0.3) is 0 Å². The molecule has 0 atom stereocenters. The molecule has 0 aromatic heterocycles. The van der Waals surface area contributed by atoms with Gasteiger partial charge in [-0.1, -0.05) is 12.2 Å². The molecule has 14 heavy (non-hydrogen) atoms. The van der Waals surface area contributed by atoms with Crippen LogP contribution in [0.25, 0.3) is 0 Å². The van der Waals surface area contributed by atoms with Gasteiger partial charge in [-0.15, -0.1) is 0 Å². The lowest BCUT2D eigenvalue weighted by atomic mass is 10.3. The van der Waals surface area contributed by atoms with E-state index in [-0.39, 0.29) is 12.2 Å². The topological polar surface area (TPSA) is 47.9 Å². The van der Waals surface area contributed by atoms with Gasteiger partial charge in [0.15, 0.2) is 0 Å². The highest BCUT2D eigenvalue weighted by atomic mass is 16.7. The predicted molar refractivity (Wildman–Crippen MR) is 52.0 cm³/mol. The van der Waals surface area contributed by atoms with Crippen LogP contribution in [-0.4, -0.2) is 44.4 Å². The maximum atomic E-state index is 8.61. The average molecular weight is 202 g/mol. The highest BCUT2D eigenvalue weighted by Crippen LogP contribution is 2.40. The van der Waals surface area contributed by atoms with Crippen LogP contribution in [0.1, 0.15) is 12.8 Å². The van der Waals surface area contributed by atoms with E-state index < -0.39 is 0 Å². The number of aliphatic hydroxyl groups excluding tert-OH is 1. The minimum atomic E-state index is -0.157. The molecule has 4 nitrogen and oxygen atoms in total. The lowest BCUT2D eigenvalue weighted by molar-refractivity contribution is -0.0936. The molecule has 82 valence electrons. The fourth-order valence-electron chi connectivity index (χ4n) is 1.11. The highest BCUT2D eigenvalue weighted by molar-refractivity contribution is 5.12. The van der Waals surface area contributed by atoms with Crippen LogP contribution in [0.3, 0.4) is 0 Å². The van der Waals surface area contributed by atoms with Crippen molar-refractivity contribution in [3.8, 4) is 0 Å². The third-order valence-electron chi connectivity index (χ3n) is 2.13. The molecule has 0 unspecified atom stereocenters. The lowest BCUT2D eigenvalue weighted by Crippen LogP contribution is -2.15. The van der Waals surface area contributed by atoms with E-state index in [1.54, 1.807) is 13.2 Å². The van der Waals surface area contributed by atoms with Crippen molar-refractivity contribution < 1.29 is 19.3 Å². The average Bonchev–Trinajstić information content (AvgIpc) is 2.96. The standard InChI is InChI=1S/C10H18O4/c1-12-7-8-13-9-14-10(4-5-10)3-2-6-11/h2-3,11H,4-9H2,1H3/b3-2+. The normalized spacial score (nSPS) is 19.0. The molecule has 1 rings (SSSR count). The van der Waals surface area contributed by atoms with E-state index >= 15 is 0 Å². The molecule has 1 fully saturated rings. The third-order valence-corrected chi connectivity index (χ3v) is 2.13. The van der Waals surface area contributed by atoms with Gasteiger partial charge >= 0.3 is 0 Å². The Morgan fingerprint density at radius 2 is 2.14 bits per heavy atom. The van der Waals surface area contributed by atoms with Crippen LogP contribution in [0.2, 0.25) is 0 Å². The fraction of sp³-hybridized carbons (Fsp3) is 0.800. The summed E-state index contributed by atoms with van der Waals surface area (Å²) in [7, 11) is 1.64. The van der Waals surface area contributed by atoms with Crippen molar-refractivity contribution in [2.24, 2.45) is 0 Å². The largest absolute Gasteiger partial charge is 0.392 e. The van der Waals surface area contributed by atoms with Gasteiger partial charge < -0.3 is 19.3 Å². The van der Waals surface area contributed by atoms with E-state index in [4.69, 9.17) is 19.3 Å². The van der Waals surface area contributed by atoms with Gasteiger partial charge in [0, 0.05) is 7.11 Å². The molecule has 1 saturated carbocycles. The van der Waals surface area contributed by atoms with Gasteiger partial charge in [-0.05, 0) is 12.8 Å². The van der Waals surface area contributed by atoms with Crippen LogP contribution in [0, 0.1) is 0 Å². The van der Waals surface area contributed by atoms with Crippen molar-refractivity contribution in [3.63, 3.8) is 0 Å². The Morgan fingerprint density at radius 3 is 2.71 bits per heavy atom. The molecule has 0 radical (unpaired) electrons. The van der Waals surface area contributed by atoms with E-state index in [0.717, 1.165) is 12.8 Å². The lowest BCUT2D eigenvalue weighted by Gasteiger charge is -2.11. The minimum absolute atomic E-state index is 0.0651. The Labute approximate surface area is 84.5 Å². The zero-order chi connectivity index (χ0) is 10.3. The SMILES string of the molecule is COCCOCOC1(/C=C/CO)CC1. The summed E-state index contributed by atoms with van der Waals surface area (Å²) in [4.78, 5) is 0. The summed E-state index contributed by atoms with van der Waals surface area (Å²) in [5.74, 6) is 0. The predicted octanol–water partition coefficient (Wildman–Crippen LogP) is 0.705. The second-order valence-corrected chi connectivity index (χ2v) is 3.31. The third kappa shape index (κ3) is 4.19. The van der Waals surface area contributed by atoms with Crippen LogP contribution in [0.5, 0.6) is 0 Å². The number of methoxy groups -OCH3 is 1. The molecule has 0 spiro atoms. The second-order valence-electron chi connectivity index (χ2n) is 3.31. The second kappa shape index (κ2) is 6.14. The molecule has 0 amide bonds. The molecule has 0 aromatic carbocycles. The zero-order valence-electron chi connectivity index (χ0n) is 8.57. The molecule has 0 heterocycles. The molecule has 1 aliphatic rings. The summed E-state index contributed by atoms with van der Waals surface area (Å²) < 4.78 is 15.5. The number of rotatable bonds is 8. The van der Waals surface area contributed by atoms with E-state index in [0.29, 0.717) is 20.0 Å². The Morgan fingerprint density at radius 1 is 1.36 bits per heavy atom. The molecule has 0 bridgehead atoms. The van der Waals surface area contributed by atoms with E-state index in [1.807, 2.05) is 6.08 Å². The summed E-state index contributed by atoms with van der Waals surface area (Å²) in [5, 5.41) is 8.61. The quantitative estimate of drug-likeness (QED) is 0.357. The Hall–Kier alpha value is -0.420. The fourth-order valence-corrected chi connectivity index (χ4v) is 1.11. The number of aliphatic hydroxyl groups is 1. The maximum Gasteiger partial charge on any atom is 0.148 e. The number of hydrogen-bond donors (Lipinski definition) is 1. The first kappa shape index (κ1) is 11.7. The van der Waals surface area contributed by atoms with Gasteiger partial charge in [0.1, 0.15) is 6.79 Å². The van der Waals surface area contributed by atoms with Crippen LogP contribution in [0.15, 0.2) is 12.2 Å². The van der Waals surface area contributed by atoms with Gasteiger partial charge in [-0.3, -0.25) is 0 Å². The molecular weight excluding hydrogens is 184 g/mol. The van der Waals surface area contributed by atoms with Crippen molar-refractivity contribution >= 4 is 0 Å². The van der Waals surface area contributed by atoms with Crippen molar-refractivity contribution in [1.82, 2.24) is 0 Å². The number of ether oxygens (including phenoxy) is 3. The molecule has 1 aliphatic carbocycles. The monoisotopic (exact) mass is 202 g/mol. The molecule has 4 heteroatoms. The van der Waals surface area contributed by atoms with Crippen LogP contribution >= 0.6 is 0 Å². The van der Waals surface area contributed by atoms with Crippen LogP contribution in [0.4, 0.5) is 0 Å². The van der Waals surface area contributed by atoms with Crippen LogP contribution < -0.4 is 0 Å². The molecule has 1 N–H and O–H groups in total. The molecular formula is C10H18O4. The summed E-state index contributed by atoms with van der Waals surface area (Å²) in [5.41, 5.74) is -0.157. The van der Waals surface area contributed by atoms with E-state index in [9.17, 15) is 0 Å². The van der Waals surface area contributed by atoms with Crippen molar-refractivity contribution in [1.29, 1.82) is 0 Å². The maximum absolute atomic E-state index is 8.61.